The van der Waals surface area contributed by atoms with Gasteiger partial charge in [0.05, 0.1) is 22.3 Å². The lowest BCUT2D eigenvalue weighted by Crippen LogP contribution is -2.45. The van der Waals surface area contributed by atoms with Gasteiger partial charge in [0.15, 0.2) is 0 Å². The molecule has 2 rings (SSSR count). The van der Waals surface area contributed by atoms with E-state index in [4.69, 9.17) is 23.2 Å². The number of amides is 1. The number of hydrogen-bond donors (Lipinski definition) is 3. The molecular weight excluding hydrogens is 313 g/mol. The highest BCUT2D eigenvalue weighted by molar-refractivity contribution is 6.42. The maximum absolute atomic E-state index is 11.9. The molecule has 21 heavy (non-hydrogen) atoms. The highest BCUT2D eigenvalue weighted by atomic mass is 35.5. The molecule has 0 unspecified atom stereocenters. The minimum Gasteiger partial charge on any atom is -0.506 e. The summed E-state index contributed by atoms with van der Waals surface area (Å²) in [6.45, 7) is 2.07. The lowest BCUT2D eigenvalue weighted by Gasteiger charge is -2.29. The maximum Gasteiger partial charge on any atom is 0.239 e. The number of carbonyl (C=O) groups excluding carboxylic acids is 1. The number of phenolic OH excluding ortho intramolecular Hbond substituents is 1. The van der Waals surface area contributed by atoms with Gasteiger partial charge in [-0.2, -0.15) is 0 Å². The van der Waals surface area contributed by atoms with Crippen LogP contribution in [0.5, 0.6) is 5.75 Å². The summed E-state index contributed by atoms with van der Waals surface area (Å²) in [5, 5.41) is 16.2. The Bertz CT molecular complexity index is 517. The van der Waals surface area contributed by atoms with Crippen LogP contribution in [0.25, 0.3) is 0 Å². The monoisotopic (exact) mass is 331 g/mol. The third kappa shape index (κ3) is 4.66. The second-order valence-electron chi connectivity index (χ2n) is 5.28. The topological polar surface area (TPSA) is 64.6 Å². The molecule has 3 N–H and O–H groups in total. The van der Waals surface area contributed by atoms with Crippen LogP contribution in [-0.2, 0) is 4.79 Å². The van der Waals surface area contributed by atoms with Gasteiger partial charge in [-0.1, -0.05) is 23.2 Å². The van der Waals surface area contributed by atoms with E-state index in [1.807, 2.05) is 0 Å². The number of aromatic hydroxyl groups is 1. The smallest absolute Gasteiger partial charge is 0.239 e. The maximum atomic E-state index is 11.9. The van der Waals surface area contributed by atoms with E-state index in [0.29, 0.717) is 10.7 Å². The van der Waals surface area contributed by atoms with Gasteiger partial charge in [0.1, 0.15) is 5.75 Å². The number of hydrogen-bond acceptors (Lipinski definition) is 4. The highest BCUT2D eigenvalue weighted by Gasteiger charge is 2.18. The summed E-state index contributed by atoms with van der Waals surface area (Å²) in [6.07, 6.45) is 1.92. The Morgan fingerprint density at radius 3 is 2.62 bits per heavy atom. The lowest BCUT2D eigenvalue weighted by atomic mass is 10.1. The van der Waals surface area contributed by atoms with E-state index < -0.39 is 0 Å². The van der Waals surface area contributed by atoms with E-state index in [1.54, 1.807) is 0 Å². The molecule has 116 valence electrons. The molecule has 1 saturated heterocycles. The Balaban J connectivity index is 1.83. The summed E-state index contributed by atoms with van der Waals surface area (Å²) >= 11 is 11.7. The van der Waals surface area contributed by atoms with Crippen LogP contribution >= 0.6 is 23.2 Å². The molecule has 1 fully saturated rings. The fraction of sp³-hybridized carbons (Fsp3) is 0.500. The summed E-state index contributed by atoms with van der Waals surface area (Å²) in [4.78, 5) is 14.1. The van der Waals surface area contributed by atoms with Crippen molar-refractivity contribution >= 4 is 34.8 Å². The fourth-order valence-electron chi connectivity index (χ4n) is 2.29. The Kier molecular flexibility index (Phi) is 5.56. The molecule has 1 amide bonds. The largest absolute Gasteiger partial charge is 0.506 e. The van der Waals surface area contributed by atoms with Gasteiger partial charge in [0.2, 0.25) is 5.91 Å². The summed E-state index contributed by atoms with van der Waals surface area (Å²) in [6, 6.07) is 3.07. The number of anilines is 1. The van der Waals surface area contributed by atoms with Crippen molar-refractivity contribution in [1.82, 2.24) is 10.2 Å². The number of likely N-dealkylation sites (tertiary alicyclic amines) is 1. The van der Waals surface area contributed by atoms with Crippen molar-refractivity contribution in [3.63, 3.8) is 0 Å². The van der Waals surface area contributed by atoms with E-state index >= 15 is 0 Å². The van der Waals surface area contributed by atoms with Crippen LogP contribution < -0.4 is 10.6 Å². The Hall–Kier alpha value is -1.17. The van der Waals surface area contributed by atoms with Gasteiger partial charge in [0.25, 0.3) is 0 Å². The number of benzene rings is 1. The average Bonchev–Trinajstić information content (AvgIpc) is 2.44. The van der Waals surface area contributed by atoms with Gasteiger partial charge in [-0.3, -0.25) is 4.79 Å². The average molecular weight is 332 g/mol. The van der Waals surface area contributed by atoms with Crippen LogP contribution in [0.3, 0.4) is 0 Å². The minimum atomic E-state index is -0.102. The van der Waals surface area contributed by atoms with E-state index in [2.05, 4.69) is 22.6 Å². The van der Waals surface area contributed by atoms with Crippen LogP contribution in [0.1, 0.15) is 12.8 Å². The Morgan fingerprint density at radius 2 is 1.95 bits per heavy atom. The molecule has 1 aromatic rings. The van der Waals surface area contributed by atoms with Crippen LogP contribution in [0, 0.1) is 0 Å². The Morgan fingerprint density at radius 1 is 1.33 bits per heavy atom. The van der Waals surface area contributed by atoms with Crippen molar-refractivity contribution in [3.05, 3.63) is 22.2 Å². The van der Waals surface area contributed by atoms with Crippen LogP contribution in [0.15, 0.2) is 12.1 Å². The predicted octanol–water partition coefficient (Wildman–Crippen LogP) is 2.32. The second kappa shape index (κ2) is 7.20. The van der Waals surface area contributed by atoms with E-state index in [9.17, 15) is 9.90 Å². The number of rotatable bonds is 4. The molecule has 0 bridgehead atoms. The molecule has 5 nitrogen and oxygen atoms in total. The zero-order chi connectivity index (χ0) is 15.4. The third-order valence-electron chi connectivity index (χ3n) is 3.56. The molecule has 1 aromatic carbocycles. The molecule has 1 aliphatic rings. The minimum absolute atomic E-state index is 0.0310. The molecule has 1 heterocycles. The standard InChI is InChI=1S/C14H19Cl2N3O2/c1-19-4-2-9(3-5-19)18-14(21)8-17-12-6-10(15)11(16)7-13(12)20/h6-7,9,17,20H,2-5,8H2,1H3,(H,18,21). The molecule has 0 radical (unpaired) electrons. The number of piperidine rings is 1. The van der Waals surface area contributed by atoms with Crippen LogP contribution in [0.2, 0.25) is 10.0 Å². The summed E-state index contributed by atoms with van der Waals surface area (Å²) < 4.78 is 0. The zero-order valence-electron chi connectivity index (χ0n) is 11.8. The van der Waals surface area contributed by atoms with Gasteiger partial charge < -0.3 is 20.6 Å². The van der Waals surface area contributed by atoms with Crippen molar-refractivity contribution in [1.29, 1.82) is 0 Å². The number of nitrogens with zero attached hydrogens (tertiary/aromatic N) is 1. The molecule has 0 saturated carbocycles. The summed E-state index contributed by atoms with van der Waals surface area (Å²) in [5.41, 5.74) is 0.392. The van der Waals surface area contributed by atoms with Crippen molar-refractivity contribution in [2.75, 3.05) is 32.0 Å². The molecule has 0 spiro atoms. The molecule has 0 aromatic heterocycles. The van der Waals surface area contributed by atoms with Gasteiger partial charge in [-0.05, 0) is 39.0 Å². The van der Waals surface area contributed by atoms with E-state index in [0.717, 1.165) is 25.9 Å². The summed E-state index contributed by atoms with van der Waals surface area (Å²) in [5.74, 6) is -0.133. The zero-order valence-corrected chi connectivity index (χ0v) is 13.3. The fourth-order valence-corrected chi connectivity index (χ4v) is 2.61. The number of halogens is 2. The Labute approximate surface area is 134 Å². The van der Waals surface area contributed by atoms with Gasteiger partial charge >= 0.3 is 0 Å². The van der Waals surface area contributed by atoms with Crippen LogP contribution in [0.4, 0.5) is 5.69 Å². The third-order valence-corrected chi connectivity index (χ3v) is 4.28. The normalized spacial score (nSPS) is 16.7. The van der Waals surface area contributed by atoms with Gasteiger partial charge in [0, 0.05) is 12.1 Å². The SMILES string of the molecule is CN1CCC(NC(=O)CNc2cc(Cl)c(Cl)cc2O)CC1. The number of nitrogens with one attached hydrogen (secondary N) is 2. The lowest BCUT2D eigenvalue weighted by molar-refractivity contribution is -0.120. The van der Waals surface area contributed by atoms with Crippen molar-refractivity contribution in [2.45, 2.75) is 18.9 Å². The number of carbonyl (C=O) groups is 1. The predicted molar refractivity (Wildman–Crippen MR) is 85.3 cm³/mol. The number of phenols is 1. The first-order valence-electron chi connectivity index (χ1n) is 6.85. The molecular formula is C14H19Cl2N3O2. The molecule has 0 aliphatic carbocycles. The van der Waals surface area contributed by atoms with E-state index in [-0.39, 0.29) is 29.3 Å². The van der Waals surface area contributed by atoms with E-state index in [1.165, 1.54) is 12.1 Å². The van der Waals surface area contributed by atoms with Crippen molar-refractivity contribution in [2.24, 2.45) is 0 Å². The first-order valence-corrected chi connectivity index (χ1v) is 7.61. The van der Waals surface area contributed by atoms with Gasteiger partial charge in [-0.25, -0.2) is 0 Å². The van der Waals surface area contributed by atoms with Crippen molar-refractivity contribution in [3.8, 4) is 5.75 Å². The van der Waals surface area contributed by atoms with Crippen molar-refractivity contribution < 1.29 is 9.90 Å². The molecule has 1 aliphatic heterocycles. The van der Waals surface area contributed by atoms with Gasteiger partial charge in [-0.15, -0.1) is 0 Å². The second-order valence-corrected chi connectivity index (χ2v) is 6.10. The first kappa shape index (κ1) is 16.2. The quantitative estimate of drug-likeness (QED) is 0.741. The van der Waals surface area contributed by atoms with Crippen LogP contribution in [-0.4, -0.2) is 48.6 Å². The first-order chi connectivity index (χ1) is 9.95. The molecule has 7 heteroatoms. The molecule has 0 atom stereocenters. The summed E-state index contributed by atoms with van der Waals surface area (Å²) in [7, 11) is 2.08. The highest BCUT2D eigenvalue weighted by Crippen LogP contribution is 2.33.